The zero-order chi connectivity index (χ0) is 22.8. The summed E-state index contributed by atoms with van der Waals surface area (Å²) in [6, 6.07) is 12.0. The van der Waals surface area contributed by atoms with Gasteiger partial charge in [0.25, 0.3) is 0 Å². The molecule has 7 nitrogen and oxygen atoms in total. The summed E-state index contributed by atoms with van der Waals surface area (Å²) in [6.45, 7) is 3.87. The highest BCUT2D eigenvalue weighted by Crippen LogP contribution is 2.37. The molecule has 7 heteroatoms. The van der Waals surface area contributed by atoms with Crippen molar-refractivity contribution in [2.75, 3.05) is 34.4 Å². The Balaban J connectivity index is 1.67. The second-order valence-corrected chi connectivity index (χ2v) is 8.36. The first kappa shape index (κ1) is 22.0. The third-order valence-corrected chi connectivity index (χ3v) is 6.29. The summed E-state index contributed by atoms with van der Waals surface area (Å²) in [5.74, 6) is 2.61. The van der Waals surface area contributed by atoms with E-state index in [1.54, 1.807) is 28.3 Å². The summed E-state index contributed by atoms with van der Waals surface area (Å²) < 4.78 is 18.6. The van der Waals surface area contributed by atoms with E-state index in [2.05, 4.69) is 40.2 Å². The van der Waals surface area contributed by atoms with Crippen LogP contribution < -0.4 is 19.5 Å². The van der Waals surface area contributed by atoms with Gasteiger partial charge in [0.05, 0.1) is 21.3 Å². The van der Waals surface area contributed by atoms with Crippen molar-refractivity contribution in [1.29, 1.82) is 0 Å². The molecule has 4 rings (SSSR count). The predicted octanol–water partition coefficient (Wildman–Crippen LogP) is 3.31. The van der Waals surface area contributed by atoms with Crippen LogP contribution in [0.5, 0.6) is 17.2 Å². The summed E-state index contributed by atoms with van der Waals surface area (Å²) in [6.07, 6.45) is 2.18. The third-order valence-electron chi connectivity index (χ3n) is 6.29. The van der Waals surface area contributed by atoms with Gasteiger partial charge in [0, 0.05) is 68.2 Å². The SMILES string of the molecule is COc1ccc(OC)c(CN2C[C@H](NC(C)=O)[C@@H](c3cn(C)c4ccc(OC)cc34)C2)c1. The molecule has 1 aliphatic rings. The van der Waals surface area contributed by atoms with Crippen LogP contribution >= 0.6 is 0 Å². The van der Waals surface area contributed by atoms with Crippen molar-refractivity contribution in [2.24, 2.45) is 7.05 Å². The van der Waals surface area contributed by atoms with Gasteiger partial charge in [-0.15, -0.1) is 0 Å². The van der Waals surface area contributed by atoms with E-state index in [4.69, 9.17) is 14.2 Å². The molecule has 0 spiro atoms. The third kappa shape index (κ3) is 4.25. The molecule has 0 aliphatic carbocycles. The minimum absolute atomic E-state index is 0.0147. The molecule has 3 aromatic rings. The molecule has 32 heavy (non-hydrogen) atoms. The number of benzene rings is 2. The second-order valence-electron chi connectivity index (χ2n) is 8.36. The van der Waals surface area contributed by atoms with E-state index in [1.807, 2.05) is 24.3 Å². The van der Waals surface area contributed by atoms with Gasteiger partial charge in [-0.05, 0) is 42.0 Å². The number of carbonyl (C=O) groups is 1. The van der Waals surface area contributed by atoms with E-state index in [-0.39, 0.29) is 17.9 Å². The van der Waals surface area contributed by atoms with E-state index in [9.17, 15) is 4.79 Å². The van der Waals surface area contributed by atoms with E-state index in [1.165, 1.54) is 5.56 Å². The van der Waals surface area contributed by atoms with Crippen molar-refractivity contribution in [2.45, 2.75) is 25.4 Å². The number of nitrogens with zero attached hydrogens (tertiary/aromatic N) is 2. The Morgan fingerprint density at radius 3 is 2.44 bits per heavy atom. The monoisotopic (exact) mass is 437 g/mol. The molecule has 1 aromatic heterocycles. The second kappa shape index (κ2) is 9.12. The van der Waals surface area contributed by atoms with E-state index in [0.29, 0.717) is 6.54 Å². The molecule has 1 amide bonds. The van der Waals surface area contributed by atoms with Gasteiger partial charge in [0.1, 0.15) is 17.2 Å². The van der Waals surface area contributed by atoms with Crippen LogP contribution in [0.25, 0.3) is 10.9 Å². The lowest BCUT2D eigenvalue weighted by Crippen LogP contribution is -2.38. The van der Waals surface area contributed by atoms with Crippen LogP contribution in [0.2, 0.25) is 0 Å². The number of aromatic nitrogens is 1. The topological polar surface area (TPSA) is 65.0 Å². The Labute approximate surface area is 188 Å². The Morgan fingerprint density at radius 2 is 1.75 bits per heavy atom. The van der Waals surface area contributed by atoms with Crippen LogP contribution in [-0.2, 0) is 18.4 Å². The number of fused-ring (bicyclic) bond motifs is 1. The number of likely N-dealkylation sites (tertiary alicyclic amines) is 1. The van der Waals surface area contributed by atoms with Crippen molar-refractivity contribution in [3.63, 3.8) is 0 Å². The van der Waals surface area contributed by atoms with Crippen LogP contribution in [0.4, 0.5) is 0 Å². The average molecular weight is 438 g/mol. The quantitative estimate of drug-likeness (QED) is 0.614. The number of ether oxygens (including phenoxy) is 3. The summed E-state index contributed by atoms with van der Waals surface area (Å²) in [7, 11) is 7.09. The molecular formula is C25H31N3O4. The van der Waals surface area contributed by atoms with Gasteiger partial charge in [-0.2, -0.15) is 0 Å². The fourth-order valence-corrected chi connectivity index (χ4v) is 4.81. The van der Waals surface area contributed by atoms with Gasteiger partial charge < -0.3 is 24.1 Å². The number of carbonyl (C=O) groups excluding carboxylic acids is 1. The molecule has 0 saturated carbocycles. The molecule has 2 aromatic carbocycles. The minimum Gasteiger partial charge on any atom is -0.497 e. The fourth-order valence-electron chi connectivity index (χ4n) is 4.81. The first-order valence-corrected chi connectivity index (χ1v) is 10.8. The molecule has 1 saturated heterocycles. The van der Waals surface area contributed by atoms with Gasteiger partial charge in [-0.25, -0.2) is 0 Å². The Kier molecular flexibility index (Phi) is 6.28. The van der Waals surface area contributed by atoms with E-state index < -0.39 is 0 Å². The fraction of sp³-hybridized carbons (Fsp3) is 0.400. The standard InChI is InChI=1S/C25H31N3O4/c1-16(29)26-23-15-28(12-17-10-18(30-3)7-9-25(17)32-5)14-22(23)21-13-27(2)24-8-6-19(31-4)11-20(21)24/h6-11,13,22-23H,12,14-15H2,1-5H3,(H,26,29)/t22-,23+/m1/s1. The highest BCUT2D eigenvalue weighted by Gasteiger charge is 2.36. The van der Waals surface area contributed by atoms with E-state index in [0.717, 1.165) is 46.8 Å². The zero-order valence-corrected chi connectivity index (χ0v) is 19.3. The van der Waals surface area contributed by atoms with Gasteiger partial charge in [-0.3, -0.25) is 9.69 Å². The number of nitrogens with one attached hydrogen (secondary N) is 1. The van der Waals surface area contributed by atoms with Gasteiger partial charge >= 0.3 is 0 Å². The average Bonchev–Trinajstić information content (AvgIpc) is 3.32. The number of amides is 1. The highest BCUT2D eigenvalue weighted by molar-refractivity contribution is 5.86. The van der Waals surface area contributed by atoms with Crippen LogP contribution in [0.3, 0.4) is 0 Å². The van der Waals surface area contributed by atoms with Crippen LogP contribution in [-0.4, -0.2) is 55.8 Å². The summed E-state index contributed by atoms with van der Waals surface area (Å²) >= 11 is 0. The van der Waals surface area contributed by atoms with Crippen molar-refractivity contribution >= 4 is 16.8 Å². The van der Waals surface area contributed by atoms with Gasteiger partial charge in [0.2, 0.25) is 5.91 Å². The van der Waals surface area contributed by atoms with Crippen LogP contribution in [0, 0.1) is 0 Å². The maximum atomic E-state index is 12.0. The number of hydrogen-bond acceptors (Lipinski definition) is 5. The Morgan fingerprint density at radius 1 is 1.03 bits per heavy atom. The van der Waals surface area contributed by atoms with Crippen molar-refractivity contribution in [1.82, 2.24) is 14.8 Å². The van der Waals surface area contributed by atoms with E-state index >= 15 is 0 Å². The minimum atomic E-state index is -0.0152. The van der Waals surface area contributed by atoms with Crippen molar-refractivity contribution in [3.05, 3.63) is 53.7 Å². The molecule has 0 radical (unpaired) electrons. The normalized spacial score (nSPS) is 18.7. The first-order chi connectivity index (χ1) is 15.4. The molecule has 1 aliphatic heterocycles. The maximum Gasteiger partial charge on any atom is 0.217 e. The molecule has 0 unspecified atom stereocenters. The molecule has 0 bridgehead atoms. The number of methoxy groups -OCH3 is 3. The zero-order valence-electron chi connectivity index (χ0n) is 19.3. The summed E-state index contributed by atoms with van der Waals surface area (Å²) in [5.41, 5.74) is 3.43. The molecule has 170 valence electrons. The lowest BCUT2D eigenvalue weighted by atomic mass is 9.93. The Hall–Kier alpha value is -3.19. The first-order valence-electron chi connectivity index (χ1n) is 10.8. The van der Waals surface area contributed by atoms with Crippen LogP contribution in [0.15, 0.2) is 42.6 Å². The summed E-state index contributed by atoms with van der Waals surface area (Å²) in [5, 5.41) is 4.34. The molecule has 2 atom stereocenters. The maximum absolute atomic E-state index is 12.0. The molecule has 2 heterocycles. The van der Waals surface area contributed by atoms with Gasteiger partial charge in [-0.1, -0.05) is 0 Å². The Bertz CT molecular complexity index is 1120. The predicted molar refractivity (Wildman–Crippen MR) is 125 cm³/mol. The van der Waals surface area contributed by atoms with Crippen LogP contribution in [0.1, 0.15) is 24.0 Å². The van der Waals surface area contributed by atoms with Crippen molar-refractivity contribution < 1.29 is 19.0 Å². The highest BCUT2D eigenvalue weighted by atomic mass is 16.5. The lowest BCUT2D eigenvalue weighted by Gasteiger charge is -2.19. The summed E-state index contributed by atoms with van der Waals surface area (Å²) in [4.78, 5) is 14.4. The molecule has 1 N–H and O–H groups in total. The number of rotatable bonds is 7. The molecule has 1 fully saturated rings. The van der Waals surface area contributed by atoms with Gasteiger partial charge in [0.15, 0.2) is 0 Å². The molecular weight excluding hydrogens is 406 g/mol. The number of hydrogen-bond donors (Lipinski definition) is 1. The number of aryl methyl sites for hydroxylation is 1. The smallest absolute Gasteiger partial charge is 0.217 e. The lowest BCUT2D eigenvalue weighted by molar-refractivity contribution is -0.119. The van der Waals surface area contributed by atoms with Crippen molar-refractivity contribution in [3.8, 4) is 17.2 Å². The largest absolute Gasteiger partial charge is 0.497 e.